The van der Waals surface area contributed by atoms with Crippen molar-refractivity contribution in [2.45, 2.75) is 25.8 Å². The molecule has 0 amide bonds. The van der Waals surface area contributed by atoms with Gasteiger partial charge in [0.05, 0.1) is 13.0 Å². The first-order valence-electron chi connectivity index (χ1n) is 6.22. The minimum atomic E-state index is -0.881. The fourth-order valence-corrected chi connectivity index (χ4v) is 2.03. The summed E-state index contributed by atoms with van der Waals surface area (Å²) in [4.78, 5) is 12.7. The fraction of sp³-hybridized carbons (Fsp3) is 0.500. The molecule has 4 nitrogen and oxygen atoms in total. The van der Waals surface area contributed by atoms with E-state index in [-0.39, 0.29) is 24.9 Å². The third-order valence-electron chi connectivity index (χ3n) is 3.18. The van der Waals surface area contributed by atoms with Crippen molar-refractivity contribution >= 4 is 5.97 Å². The van der Waals surface area contributed by atoms with E-state index >= 15 is 0 Å². The van der Waals surface area contributed by atoms with Crippen molar-refractivity contribution < 1.29 is 19.4 Å². The third-order valence-corrected chi connectivity index (χ3v) is 3.18. The molecule has 19 heavy (non-hydrogen) atoms. The molecule has 0 aliphatic heterocycles. The summed E-state index contributed by atoms with van der Waals surface area (Å²) in [6.07, 6.45) is 0.511. The van der Waals surface area contributed by atoms with Crippen LogP contribution in [-0.4, -0.2) is 47.3 Å². The van der Waals surface area contributed by atoms with Crippen molar-refractivity contribution in [3.8, 4) is 0 Å². The molecule has 0 bridgehead atoms. The molecule has 0 aliphatic rings. The van der Waals surface area contributed by atoms with E-state index in [4.69, 9.17) is 10.2 Å². The van der Waals surface area contributed by atoms with E-state index in [2.05, 4.69) is 0 Å². The number of aliphatic hydroxyl groups is 1. The van der Waals surface area contributed by atoms with Gasteiger partial charge in [-0.15, -0.1) is 0 Å². The Balaban J connectivity index is 2.80. The molecular formula is C14H20FNO3. The number of rotatable bonds is 7. The van der Waals surface area contributed by atoms with Crippen LogP contribution in [0.5, 0.6) is 0 Å². The number of likely N-dealkylation sites (N-methyl/N-ethyl adjacent to an activating group) is 1. The van der Waals surface area contributed by atoms with Gasteiger partial charge in [0, 0.05) is 12.6 Å². The molecule has 0 heterocycles. The van der Waals surface area contributed by atoms with Crippen molar-refractivity contribution in [2.24, 2.45) is 0 Å². The van der Waals surface area contributed by atoms with Crippen LogP contribution in [0.4, 0.5) is 4.39 Å². The van der Waals surface area contributed by atoms with Crippen LogP contribution in [0.3, 0.4) is 0 Å². The van der Waals surface area contributed by atoms with Gasteiger partial charge in [0.25, 0.3) is 0 Å². The highest BCUT2D eigenvalue weighted by Crippen LogP contribution is 2.15. The highest BCUT2D eigenvalue weighted by atomic mass is 19.1. The topological polar surface area (TPSA) is 60.8 Å². The first-order valence-corrected chi connectivity index (χ1v) is 6.22. The van der Waals surface area contributed by atoms with Crippen LogP contribution in [0.1, 0.15) is 17.5 Å². The van der Waals surface area contributed by atoms with Gasteiger partial charge in [-0.3, -0.25) is 4.79 Å². The molecule has 0 aliphatic carbocycles. The van der Waals surface area contributed by atoms with Gasteiger partial charge in [-0.2, -0.15) is 0 Å². The average Bonchev–Trinajstić information content (AvgIpc) is 2.33. The maximum absolute atomic E-state index is 13.2. The van der Waals surface area contributed by atoms with E-state index in [1.807, 2.05) is 4.90 Å². The zero-order chi connectivity index (χ0) is 14.4. The van der Waals surface area contributed by atoms with Crippen LogP contribution in [0, 0.1) is 12.7 Å². The largest absolute Gasteiger partial charge is 0.481 e. The number of carbonyl (C=O) groups is 1. The quantitative estimate of drug-likeness (QED) is 0.786. The molecule has 0 fully saturated rings. The molecule has 1 aromatic rings. The lowest BCUT2D eigenvalue weighted by atomic mass is 10.0. The van der Waals surface area contributed by atoms with Crippen molar-refractivity contribution in [1.29, 1.82) is 0 Å². The zero-order valence-electron chi connectivity index (χ0n) is 11.3. The Hall–Kier alpha value is -1.46. The summed E-state index contributed by atoms with van der Waals surface area (Å²) < 4.78 is 13.2. The molecule has 1 rings (SSSR count). The van der Waals surface area contributed by atoms with E-state index in [0.717, 1.165) is 5.56 Å². The molecular weight excluding hydrogens is 249 g/mol. The highest BCUT2D eigenvalue weighted by molar-refractivity contribution is 5.67. The van der Waals surface area contributed by atoms with Gasteiger partial charge in [-0.25, -0.2) is 4.39 Å². The lowest BCUT2D eigenvalue weighted by Gasteiger charge is -2.26. The highest BCUT2D eigenvalue weighted by Gasteiger charge is 2.18. The minimum Gasteiger partial charge on any atom is -0.481 e. The average molecular weight is 269 g/mol. The second-order valence-electron chi connectivity index (χ2n) is 4.74. The minimum absolute atomic E-state index is 0.00702. The van der Waals surface area contributed by atoms with Gasteiger partial charge >= 0.3 is 5.97 Å². The molecule has 0 saturated heterocycles. The number of halogens is 1. The Morgan fingerprint density at radius 3 is 2.68 bits per heavy atom. The zero-order valence-corrected chi connectivity index (χ0v) is 11.3. The molecule has 1 aromatic carbocycles. The predicted octanol–water partition coefficient (Wildman–Crippen LogP) is 1.44. The lowest BCUT2D eigenvalue weighted by Crippen LogP contribution is -2.37. The standard InChI is InChI=1S/C14H20FNO3/c1-10-7-11(3-4-13(10)15)8-12(9-14(18)19)16(2)5-6-17/h3-4,7,12,17H,5-6,8-9H2,1-2H3,(H,18,19). The number of aryl methyl sites for hydroxylation is 1. The van der Waals surface area contributed by atoms with Crippen LogP contribution in [0.25, 0.3) is 0 Å². The molecule has 106 valence electrons. The van der Waals surface area contributed by atoms with E-state index in [0.29, 0.717) is 18.5 Å². The number of hydrogen-bond donors (Lipinski definition) is 2. The Bertz CT molecular complexity index is 437. The predicted molar refractivity (Wildman–Crippen MR) is 70.6 cm³/mol. The normalized spacial score (nSPS) is 12.7. The molecule has 1 unspecified atom stereocenters. The Morgan fingerprint density at radius 1 is 1.47 bits per heavy atom. The van der Waals surface area contributed by atoms with Crippen molar-refractivity contribution in [2.75, 3.05) is 20.2 Å². The van der Waals surface area contributed by atoms with Crippen LogP contribution in [0.15, 0.2) is 18.2 Å². The number of nitrogens with zero attached hydrogens (tertiary/aromatic N) is 1. The van der Waals surface area contributed by atoms with Crippen molar-refractivity contribution in [1.82, 2.24) is 4.90 Å². The summed E-state index contributed by atoms with van der Waals surface area (Å²) >= 11 is 0. The summed E-state index contributed by atoms with van der Waals surface area (Å²) in [5.41, 5.74) is 1.45. The molecule has 0 radical (unpaired) electrons. The van der Waals surface area contributed by atoms with Gasteiger partial charge in [-0.1, -0.05) is 12.1 Å². The van der Waals surface area contributed by atoms with E-state index in [9.17, 15) is 9.18 Å². The van der Waals surface area contributed by atoms with E-state index in [1.54, 1.807) is 26.1 Å². The third kappa shape index (κ3) is 4.96. The summed E-state index contributed by atoms with van der Waals surface area (Å²) in [5.74, 6) is -1.14. The summed E-state index contributed by atoms with van der Waals surface area (Å²) in [6.45, 7) is 2.08. The molecule has 5 heteroatoms. The van der Waals surface area contributed by atoms with Crippen LogP contribution in [0.2, 0.25) is 0 Å². The van der Waals surface area contributed by atoms with Crippen molar-refractivity contribution in [3.63, 3.8) is 0 Å². The van der Waals surface area contributed by atoms with Crippen LogP contribution in [-0.2, 0) is 11.2 Å². The second kappa shape index (κ2) is 7.21. The van der Waals surface area contributed by atoms with Crippen LogP contribution < -0.4 is 0 Å². The van der Waals surface area contributed by atoms with Crippen molar-refractivity contribution in [3.05, 3.63) is 35.1 Å². The molecule has 0 aromatic heterocycles. The van der Waals surface area contributed by atoms with Crippen LogP contribution >= 0.6 is 0 Å². The monoisotopic (exact) mass is 269 g/mol. The Kier molecular flexibility index (Phi) is 5.92. The second-order valence-corrected chi connectivity index (χ2v) is 4.74. The number of carboxylic acid groups (broad SMARTS) is 1. The molecule has 1 atom stereocenters. The SMILES string of the molecule is Cc1cc(CC(CC(=O)O)N(C)CCO)ccc1F. The number of aliphatic hydroxyl groups excluding tert-OH is 1. The van der Waals surface area contributed by atoms with Gasteiger partial charge in [0.15, 0.2) is 0 Å². The Morgan fingerprint density at radius 2 is 2.16 bits per heavy atom. The number of carboxylic acids is 1. The van der Waals surface area contributed by atoms with E-state index < -0.39 is 5.97 Å². The van der Waals surface area contributed by atoms with Gasteiger partial charge in [-0.05, 0) is 37.6 Å². The Labute approximate surface area is 112 Å². The maximum Gasteiger partial charge on any atom is 0.304 e. The summed E-state index contributed by atoms with van der Waals surface area (Å²) in [5, 5.41) is 17.9. The van der Waals surface area contributed by atoms with Gasteiger partial charge < -0.3 is 15.1 Å². The van der Waals surface area contributed by atoms with E-state index in [1.165, 1.54) is 6.07 Å². The smallest absolute Gasteiger partial charge is 0.304 e. The number of hydrogen-bond acceptors (Lipinski definition) is 3. The molecule has 0 spiro atoms. The molecule has 0 saturated carbocycles. The molecule has 2 N–H and O–H groups in total. The number of aliphatic carboxylic acids is 1. The fourth-order valence-electron chi connectivity index (χ4n) is 2.03. The first-order chi connectivity index (χ1) is 8.93. The van der Waals surface area contributed by atoms with Gasteiger partial charge in [0.2, 0.25) is 0 Å². The lowest BCUT2D eigenvalue weighted by molar-refractivity contribution is -0.138. The summed E-state index contributed by atoms with van der Waals surface area (Å²) in [7, 11) is 1.78. The summed E-state index contributed by atoms with van der Waals surface area (Å²) in [6, 6.07) is 4.59. The number of benzene rings is 1. The maximum atomic E-state index is 13.2. The van der Waals surface area contributed by atoms with Gasteiger partial charge in [0.1, 0.15) is 5.82 Å². The first kappa shape index (κ1) is 15.6.